The Hall–Kier alpha value is -3.15. The van der Waals surface area contributed by atoms with Gasteiger partial charge in [0.2, 0.25) is 0 Å². The van der Waals surface area contributed by atoms with Crippen LogP contribution in [0, 0.1) is 6.92 Å². The second-order valence-electron chi connectivity index (χ2n) is 5.23. The molecule has 2 rings (SSSR count). The van der Waals surface area contributed by atoms with Gasteiger partial charge in [-0.25, -0.2) is 4.79 Å². The van der Waals surface area contributed by atoms with Crippen molar-refractivity contribution in [1.29, 1.82) is 0 Å². The maximum atomic E-state index is 12.0. The van der Waals surface area contributed by atoms with E-state index in [1.165, 1.54) is 6.92 Å². The predicted octanol–water partition coefficient (Wildman–Crippen LogP) is 2.00. The van der Waals surface area contributed by atoms with Crippen molar-refractivity contribution in [3.63, 3.8) is 0 Å². The molecule has 0 aliphatic carbocycles. The molecule has 1 atom stereocenters. The van der Waals surface area contributed by atoms with Crippen molar-refractivity contribution >= 4 is 17.8 Å². The van der Waals surface area contributed by atoms with Crippen LogP contribution < -0.4 is 10.9 Å². The van der Waals surface area contributed by atoms with Crippen molar-refractivity contribution in [2.24, 2.45) is 0 Å². The van der Waals surface area contributed by atoms with Gasteiger partial charge in [0.25, 0.3) is 11.8 Å². The Kier molecular flexibility index (Phi) is 5.68. The third-order valence-electron chi connectivity index (χ3n) is 3.24. The maximum Gasteiger partial charge on any atom is 0.338 e. The van der Waals surface area contributed by atoms with Crippen LogP contribution in [0.15, 0.2) is 54.6 Å². The van der Waals surface area contributed by atoms with Gasteiger partial charge in [-0.3, -0.25) is 20.4 Å². The van der Waals surface area contributed by atoms with Crippen molar-refractivity contribution < 1.29 is 19.1 Å². The lowest BCUT2D eigenvalue weighted by Crippen LogP contribution is -2.46. The van der Waals surface area contributed by atoms with Gasteiger partial charge in [0.15, 0.2) is 6.10 Å². The number of benzene rings is 2. The topological polar surface area (TPSA) is 84.5 Å². The molecule has 0 aromatic heterocycles. The van der Waals surface area contributed by atoms with E-state index in [-0.39, 0.29) is 0 Å². The molecular formula is C18H18N2O4. The van der Waals surface area contributed by atoms with E-state index in [1.807, 2.05) is 13.0 Å². The van der Waals surface area contributed by atoms with E-state index >= 15 is 0 Å². The van der Waals surface area contributed by atoms with E-state index in [2.05, 4.69) is 10.9 Å². The summed E-state index contributed by atoms with van der Waals surface area (Å²) >= 11 is 0. The standard InChI is InChI=1S/C18H18N2O4/c1-12-7-6-10-15(11-12)18(23)24-13(2)16(21)19-20-17(22)14-8-4-3-5-9-14/h3-11,13H,1-2H3,(H,19,21)(H,20,22)/t13-/m1/s1. The van der Waals surface area contributed by atoms with Crippen LogP contribution in [-0.2, 0) is 9.53 Å². The molecule has 6 nitrogen and oxygen atoms in total. The van der Waals surface area contributed by atoms with Gasteiger partial charge in [-0.2, -0.15) is 0 Å². The number of ether oxygens (including phenoxy) is 1. The number of hydrogen-bond donors (Lipinski definition) is 2. The fourth-order valence-corrected chi connectivity index (χ4v) is 1.94. The average Bonchev–Trinajstić information content (AvgIpc) is 2.60. The number of carbonyl (C=O) groups is 3. The first kappa shape index (κ1) is 17.2. The SMILES string of the molecule is Cc1cccc(C(=O)O[C@H](C)C(=O)NNC(=O)c2ccccc2)c1. The highest BCUT2D eigenvalue weighted by Crippen LogP contribution is 2.07. The Bertz CT molecular complexity index is 744. The average molecular weight is 326 g/mol. The molecule has 124 valence electrons. The third-order valence-corrected chi connectivity index (χ3v) is 3.24. The molecule has 0 fully saturated rings. The smallest absolute Gasteiger partial charge is 0.338 e. The second-order valence-corrected chi connectivity index (χ2v) is 5.23. The van der Waals surface area contributed by atoms with Crippen LogP contribution in [0.2, 0.25) is 0 Å². The molecule has 0 spiro atoms. The lowest BCUT2D eigenvalue weighted by molar-refractivity contribution is -0.129. The van der Waals surface area contributed by atoms with Crippen LogP contribution in [0.5, 0.6) is 0 Å². The Morgan fingerprint density at radius 1 is 0.917 bits per heavy atom. The molecule has 0 aliphatic heterocycles. The number of rotatable bonds is 4. The molecule has 0 heterocycles. The molecule has 0 saturated heterocycles. The largest absolute Gasteiger partial charge is 0.449 e. The zero-order valence-electron chi connectivity index (χ0n) is 13.4. The van der Waals surface area contributed by atoms with Crippen molar-refractivity contribution in [3.8, 4) is 0 Å². The van der Waals surface area contributed by atoms with Gasteiger partial charge >= 0.3 is 5.97 Å². The Morgan fingerprint density at radius 3 is 2.25 bits per heavy atom. The molecule has 0 unspecified atom stereocenters. The normalized spacial score (nSPS) is 11.2. The van der Waals surface area contributed by atoms with Crippen LogP contribution in [0.3, 0.4) is 0 Å². The summed E-state index contributed by atoms with van der Waals surface area (Å²) in [6, 6.07) is 15.3. The van der Waals surface area contributed by atoms with Crippen molar-refractivity contribution in [2.75, 3.05) is 0 Å². The van der Waals surface area contributed by atoms with Crippen molar-refractivity contribution in [1.82, 2.24) is 10.9 Å². The first-order valence-electron chi connectivity index (χ1n) is 7.40. The summed E-state index contributed by atoms with van der Waals surface area (Å²) in [5.74, 6) is -1.68. The summed E-state index contributed by atoms with van der Waals surface area (Å²) in [5, 5.41) is 0. The predicted molar refractivity (Wildman–Crippen MR) is 88.1 cm³/mol. The highest BCUT2D eigenvalue weighted by molar-refractivity contribution is 5.96. The first-order chi connectivity index (χ1) is 11.5. The van der Waals surface area contributed by atoms with E-state index in [9.17, 15) is 14.4 Å². The monoisotopic (exact) mass is 326 g/mol. The van der Waals surface area contributed by atoms with E-state index in [1.54, 1.807) is 48.5 Å². The Morgan fingerprint density at radius 2 is 1.58 bits per heavy atom. The van der Waals surface area contributed by atoms with Gasteiger partial charge in [0, 0.05) is 5.56 Å². The summed E-state index contributed by atoms with van der Waals surface area (Å²) < 4.78 is 5.09. The van der Waals surface area contributed by atoms with E-state index in [4.69, 9.17) is 4.74 Å². The minimum atomic E-state index is -1.05. The molecule has 2 aromatic carbocycles. The summed E-state index contributed by atoms with van der Waals surface area (Å²) in [4.78, 5) is 35.7. The fourth-order valence-electron chi connectivity index (χ4n) is 1.94. The van der Waals surface area contributed by atoms with Crippen molar-refractivity contribution in [3.05, 3.63) is 71.3 Å². The molecular weight excluding hydrogens is 308 g/mol. The maximum absolute atomic E-state index is 12.0. The molecule has 6 heteroatoms. The van der Waals surface area contributed by atoms with Gasteiger partial charge in [-0.1, -0.05) is 35.9 Å². The van der Waals surface area contributed by atoms with Crippen LogP contribution in [0.1, 0.15) is 33.2 Å². The third kappa shape index (κ3) is 4.67. The molecule has 0 saturated carbocycles. The van der Waals surface area contributed by atoms with Crippen LogP contribution in [0.4, 0.5) is 0 Å². The quantitative estimate of drug-likeness (QED) is 0.665. The van der Waals surface area contributed by atoms with Gasteiger partial charge in [-0.15, -0.1) is 0 Å². The number of nitrogens with one attached hydrogen (secondary N) is 2. The molecule has 24 heavy (non-hydrogen) atoms. The molecule has 2 aromatic rings. The Balaban J connectivity index is 1.86. The summed E-state index contributed by atoms with van der Waals surface area (Å²) in [5.41, 5.74) is 6.19. The Labute approximate surface area is 139 Å². The fraction of sp³-hybridized carbons (Fsp3) is 0.167. The van der Waals surface area contributed by atoms with Crippen LogP contribution in [-0.4, -0.2) is 23.9 Å². The van der Waals surface area contributed by atoms with Crippen molar-refractivity contribution in [2.45, 2.75) is 20.0 Å². The zero-order chi connectivity index (χ0) is 17.5. The minimum Gasteiger partial charge on any atom is -0.449 e. The zero-order valence-corrected chi connectivity index (χ0v) is 13.4. The van der Waals surface area contributed by atoms with E-state index in [0.29, 0.717) is 11.1 Å². The van der Waals surface area contributed by atoms with Gasteiger partial charge < -0.3 is 4.74 Å². The van der Waals surface area contributed by atoms with Crippen LogP contribution in [0.25, 0.3) is 0 Å². The highest BCUT2D eigenvalue weighted by Gasteiger charge is 2.19. The van der Waals surface area contributed by atoms with Gasteiger partial charge in [0.05, 0.1) is 5.56 Å². The molecule has 0 bridgehead atoms. The molecule has 0 radical (unpaired) electrons. The van der Waals surface area contributed by atoms with E-state index in [0.717, 1.165) is 5.56 Å². The van der Waals surface area contributed by atoms with Crippen LogP contribution >= 0.6 is 0 Å². The highest BCUT2D eigenvalue weighted by atomic mass is 16.5. The number of esters is 1. The summed E-state index contributed by atoms with van der Waals surface area (Å²) in [6.07, 6.45) is -1.05. The lowest BCUT2D eigenvalue weighted by Gasteiger charge is -2.14. The minimum absolute atomic E-state index is 0.364. The second kappa shape index (κ2) is 7.92. The lowest BCUT2D eigenvalue weighted by atomic mass is 10.1. The number of hydrogen-bond acceptors (Lipinski definition) is 4. The number of amides is 2. The molecule has 2 amide bonds. The molecule has 0 aliphatic rings. The van der Waals surface area contributed by atoms with Gasteiger partial charge in [0.1, 0.15) is 0 Å². The van der Waals surface area contributed by atoms with Gasteiger partial charge in [-0.05, 0) is 38.1 Å². The first-order valence-corrected chi connectivity index (χ1v) is 7.40. The molecule has 2 N–H and O–H groups in total. The number of hydrazine groups is 1. The number of aryl methyl sites for hydroxylation is 1. The summed E-state index contributed by atoms with van der Waals surface area (Å²) in [6.45, 7) is 3.28. The number of carbonyl (C=O) groups excluding carboxylic acids is 3. The summed E-state index contributed by atoms with van der Waals surface area (Å²) in [7, 11) is 0. The van der Waals surface area contributed by atoms with E-state index < -0.39 is 23.9 Å².